The average Bonchev–Trinajstić information content (AvgIpc) is 2.27. The maximum absolute atomic E-state index is 11.4. The van der Waals surface area contributed by atoms with Crippen molar-refractivity contribution in [2.24, 2.45) is 0 Å². The molecule has 2 aromatic rings. The Hall–Kier alpha value is -1.70. The van der Waals surface area contributed by atoms with Gasteiger partial charge >= 0.3 is 0 Å². The lowest BCUT2D eigenvalue weighted by Gasteiger charge is -2.02. The van der Waals surface area contributed by atoms with Crippen LogP contribution in [0.3, 0.4) is 0 Å². The Morgan fingerprint density at radius 1 is 1.27 bits per heavy atom. The summed E-state index contributed by atoms with van der Waals surface area (Å²) in [6.45, 7) is 4.62. The van der Waals surface area contributed by atoms with Crippen molar-refractivity contribution in [1.29, 1.82) is 0 Å². The van der Waals surface area contributed by atoms with Crippen molar-refractivity contribution in [1.82, 2.24) is 0 Å². The molecule has 0 spiro atoms. The van der Waals surface area contributed by atoms with Crippen molar-refractivity contribution in [3.8, 4) is 0 Å². The maximum atomic E-state index is 11.4. The van der Waals surface area contributed by atoms with Gasteiger partial charge in [-0.1, -0.05) is 12.1 Å². The summed E-state index contributed by atoms with van der Waals surface area (Å²) < 4.78 is 2.14. The normalized spacial score (nSPS) is 10.5. The molecule has 0 N–H and O–H groups in total. The third-order valence-corrected chi connectivity index (χ3v) is 2.64. The lowest BCUT2D eigenvalue weighted by molar-refractivity contribution is -0.667. The molecule has 2 heteroatoms. The highest BCUT2D eigenvalue weighted by Crippen LogP contribution is 2.15. The van der Waals surface area contributed by atoms with Gasteiger partial charge < -0.3 is 0 Å². The summed E-state index contributed by atoms with van der Waals surface area (Å²) in [5.74, 6) is 0.120. The molecule has 1 aromatic heterocycles. The number of fused-ring (bicyclic) bond motifs is 1. The molecular formula is C13H14NO+. The van der Waals surface area contributed by atoms with Gasteiger partial charge in [-0.2, -0.15) is 4.57 Å². The fourth-order valence-corrected chi connectivity index (χ4v) is 1.88. The van der Waals surface area contributed by atoms with E-state index < -0.39 is 0 Å². The van der Waals surface area contributed by atoms with E-state index in [9.17, 15) is 4.79 Å². The molecule has 0 aliphatic carbocycles. The van der Waals surface area contributed by atoms with Crippen molar-refractivity contribution in [2.45, 2.75) is 20.4 Å². The molecule has 0 unspecified atom stereocenters. The number of aryl methyl sites for hydroxylation is 1. The Morgan fingerprint density at radius 2 is 2.07 bits per heavy atom. The van der Waals surface area contributed by atoms with Gasteiger partial charge in [0.2, 0.25) is 5.52 Å². The topological polar surface area (TPSA) is 20.9 Å². The van der Waals surface area contributed by atoms with Gasteiger partial charge in [-0.15, -0.1) is 0 Å². The quantitative estimate of drug-likeness (QED) is 0.538. The third-order valence-electron chi connectivity index (χ3n) is 2.64. The van der Waals surface area contributed by atoms with Crippen LogP contribution in [0.2, 0.25) is 0 Å². The van der Waals surface area contributed by atoms with Gasteiger partial charge in [-0.25, -0.2) is 0 Å². The molecule has 1 aromatic carbocycles. The zero-order valence-electron chi connectivity index (χ0n) is 9.03. The largest absolute Gasteiger partial charge is 0.294 e. The van der Waals surface area contributed by atoms with Crippen LogP contribution in [0.15, 0.2) is 36.5 Å². The molecule has 2 rings (SSSR count). The minimum absolute atomic E-state index is 0.120. The number of ketones is 1. The first-order chi connectivity index (χ1) is 7.24. The molecule has 0 radical (unpaired) electrons. The van der Waals surface area contributed by atoms with E-state index in [4.69, 9.17) is 0 Å². The molecule has 0 fully saturated rings. The predicted molar refractivity (Wildman–Crippen MR) is 59.8 cm³/mol. The number of aromatic nitrogens is 1. The smallest absolute Gasteiger partial charge is 0.213 e. The van der Waals surface area contributed by atoms with Gasteiger partial charge in [-0.05, 0) is 19.9 Å². The van der Waals surface area contributed by atoms with E-state index in [0.717, 1.165) is 23.0 Å². The van der Waals surface area contributed by atoms with Crippen LogP contribution in [-0.2, 0) is 6.54 Å². The summed E-state index contributed by atoms with van der Waals surface area (Å²) in [7, 11) is 0. The first kappa shape index (κ1) is 9.84. The lowest BCUT2D eigenvalue weighted by atomic mass is 10.1. The van der Waals surface area contributed by atoms with Crippen LogP contribution in [0, 0.1) is 0 Å². The van der Waals surface area contributed by atoms with E-state index in [1.165, 1.54) is 0 Å². The monoisotopic (exact) mass is 200 g/mol. The number of carbonyl (C=O) groups is 1. The number of hydrogen-bond acceptors (Lipinski definition) is 1. The molecule has 0 aliphatic rings. The van der Waals surface area contributed by atoms with Crippen molar-refractivity contribution in [3.05, 3.63) is 42.1 Å². The van der Waals surface area contributed by atoms with Crippen molar-refractivity contribution in [2.75, 3.05) is 0 Å². The molecule has 0 amide bonds. The van der Waals surface area contributed by atoms with Gasteiger partial charge in [0.1, 0.15) is 6.54 Å². The molecule has 0 aliphatic heterocycles. The first-order valence-corrected chi connectivity index (χ1v) is 5.16. The molecule has 0 saturated heterocycles. The number of nitrogens with zero attached hydrogens (tertiary/aromatic N) is 1. The van der Waals surface area contributed by atoms with E-state index in [1.54, 1.807) is 6.92 Å². The van der Waals surface area contributed by atoms with Crippen LogP contribution >= 0.6 is 0 Å². The Bertz CT molecular complexity index is 517. The maximum Gasteiger partial charge on any atom is 0.213 e. The minimum atomic E-state index is 0.120. The number of rotatable bonds is 2. The first-order valence-electron chi connectivity index (χ1n) is 5.16. The average molecular weight is 200 g/mol. The van der Waals surface area contributed by atoms with E-state index in [1.807, 2.05) is 36.5 Å². The van der Waals surface area contributed by atoms with Crippen LogP contribution in [0.25, 0.3) is 10.9 Å². The van der Waals surface area contributed by atoms with Gasteiger partial charge in [0.25, 0.3) is 0 Å². The zero-order valence-corrected chi connectivity index (χ0v) is 9.03. The fraction of sp³-hybridized carbons (Fsp3) is 0.231. The number of benzene rings is 1. The summed E-state index contributed by atoms with van der Waals surface area (Å²) in [5, 5.41) is 1.04. The summed E-state index contributed by atoms with van der Waals surface area (Å²) in [4.78, 5) is 11.4. The fourth-order valence-electron chi connectivity index (χ4n) is 1.88. The third kappa shape index (κ3) is 1.63. The second-order valence-electron chi connectivity index (χ2n) is 3.59. The molecule has 2 nitrogen and oxygen atoms in total. The van der Waals surface area contributed by atoms with E-state index in [0.29, 0.717) is 0 Å². The standard InChI is InChI=1S/C13H14NO/c1-3-14-9-5-7-12-11(10(2)15)6-4-8-13(12)14/h4-9H,3H2,1-2H3/q+1. The predicted octanol–water partition coefficient (Wildman–Crippen LogP) is 2.35. The highest BCUT2D eigenvalue weighted by molar-refractivity contribution is 6.05. The summed E-state index contributed by atoms with van der Waals surface area (Å²) in [5.41, 5.74) is 1.92. The van der Waals surface area contributed by atoms with E-state index in [2.05, 4.69) is 11.5 Å². The second kappa shape index (κ2) is 3.81. The molecule has 0 atom stereocenters. The Labute approximate surface area is 89.2 Å². The van der Waals surface area contributed by atoms with E-state index in [-0.39, 0.29) is 5.78 Å². The molecular weight excluding hydrogens is 186 g/mol. The summed E-state index contributed by atoms with van der Waals surface area (Å²) >= 11 is 0. The van der Waals surface area contributed by atoms with Crippen molar-refractivity contribution < 1.29 is 9.36 Å². The number of Topliss-reactive ketones (excluding diaryl/α,β-unsaturated/α-hetero) is 1. The van der Waals surface area contributed by atoms with Crippen molar-refractivity contribution in [3.63, 3.8) is 0 Å². The van der Waals surface area contributed by atoms with Crippen LogP contribution < -0.4 is 4.57 Å². The van der Waals surface area contributed by atoms with Crippen molar-refractivity contribution >= 4 is 16.7 Å². The lowest BCUT2D eigenvalue weighted by Crippen LogP contribution is -2.32. The van der Waals surface area contributed by atoms with Gasteiger partial charge in [0.05, 0.1) is 5.39 Å². The molecule has 1 heterocycles. The minimum Gasteiger partial charge on any atom is -0.294 e. The van der Waals surface area contributed by atoms with Gasteiger partial charge in [0.15, 0.2) is 12.0 Å². The van der Waals surface area contributed by atoms with Crippen LogP contribution in [0.1, 0.15) is 24.2 Å². The Kier molecular flexibility index (Phi) is 2.50. The highest BCUT2D eigenvalue weighted by Gasteiger charge is 2.11. The number of carbonyl (C=O) groups excluding carboxylic acids is 1. The van der Waals surface area contributed by atoms with E-state index >= 15 is 0 Å². The Balaban J connectivity index is 2.82. The van der Waals surface area contributed by atoms with Crippen LogP contribution in [0.5, 0.6) is 0 Å². The number of hydrogen-bond donors (Lipinski definition) is 0. The Morgan fingerprint density at radius 3 is 2.73 bits per heavy atom. The molecule has 76 valence electrons. The highest BCUT2D eigenvalue weighted by atomic mass is 16.1. The van der Waals surface area contributed by atoms with Crippen LogP contribution in [-0.4, -0.2) is 5.78 Å². The van der Waals surface area contributed by atoms with Crippen LogP contribution in [0.4, 0.5) is 0 Å². The molecule has 0 bridgehead atoms. The summed E-state index contributed by atoms with van der Waals surface area (Å²) in [6, 6.07) is 9.84. The SMILES string of the molecule is CC[n+]1cccc2c(C(C)=O)cccc21. The molecule has 15 heavy (non-hydrogen) atoms. The van der Waals surface area contributed by atoms with Gasteiger partial charge in [0, 0.05) is 17.7 Å². The second-order valence-corrected chi connectivity index (χ2v) is 3.59. The van der Waals surface area contributed by atoms with Gasteiger partial charge in [-0.3, -0.25) is 4.79 Å². The zero-order chi connectivity index (χ0) is 10.8. The summed E-state index contributed by atoms with van der Waals surface area (Å²) in [6.07, 6.45) is 2.03. The number of pyridine rings is 1. The molecule has 0 saturated carbocycles.